The average molecular weight is 412 g/mol. The summed E-state index contributed by atoms with van der Waals surface area (Å²) in [6, 6.07) is 3.97. The molecule has 0 saturated carbocycles. The Bertz CT molecular complexity index is 999. The molecule has 0 saturated heterocycles. The molecule has 0 fully saturated rings. The third kappa shape index (κ3) is 5.50. The van der Waals surface area contributed by atoms with E-state index in [0.29, 0.717) is 11.6 Å². The molecule has 11 heteroatoms. The van der Waals surface area contributed by atoms with Crippen molar-refractivity contribution < 1.29 is 31.1 Å². The molecule has 0 radical (unpaired) electrons. The van der Waals surface area contributed by atoms with Crippen LogP contribution in [0.3, 0.4) is 0 Å². The summed E-state index contributed by atoms with van der Waals surface area (Å²) >= 11 is 0. The number of alkyl halides is 6. The highest BCUT2D eigenvalue weighted by Crippen LogP contribution is 2.33. The van der Waals surface area contributed by atoms with Gasteiger partial charge in [0.1, 0.15) is 11.4 Å². The standard InChI is InChI=1S/C18H10F6N4O/c19-17(20,21)6-5-14-27-9-11(10-28-14)15-16(26-8-7-25-15)29-13-3-1-12(2-4-13)18(22,23)24/h1-10H/b6-5+. The summed E-state index contributed by atoms with van der Waals surface area (Å²) in [5.74, 6) is -0.111. The van der Waals surface area contributed by atoms with E-state index in [9.17, 15) is 26.3 Å². The Morgan fingerprint density at radius 2 is 1.41 bits per heavy atom. The summed E-state index contributed by atoms with van der Waals surface area (Å²) in [7, 11) is 0. The fraction of sp³-hybridized carbons (Fsp3) is 0.111. The number of benzene rings is 1. The van der Waals surface area contributed by atoms with Crippen LogP contribution in [-0.4, -0.2) is 26.1 Å². The van der Waals surface area contributed by atoms with Crippen LogP contribution in [0.25, 0.3) is 17.3 Å². The third-order valence-corrected chi connectivity index (χ3v) is 3.43. The monoisotopic (exact) mass is 412 g/mol. The lowest BCUT2D eigenvalue weighted by Crippen LogP contribution is -2.04. The van der Waals surface area contributed by atoms with Gasteiger partial charge < -0.3 is 4.74 Å². The Kier molecular flexibility index (Phi) is 5.48. The van der Waals surface area contributed by atoms with E-state index < -0.39 is 17.9 Å². The minimum Gasteiger partial charge on any atom is -0.437 e. The van der Waals surface area contributed by atoms with Crippen LogP contribution in [0.4, 0.5) is 26.3 Å². The van der Waals surface area contributed by atoms with Crippen molar-refractivity contribution in [2.75, 3.05) is 0 Å². The first-order chi connectivity index (χ1) is 13.6. The maximum atomic E-state index is 12.6. The first-order valence-corrected chi connectivity index (χ1v) is 7.86. The lowest BCUT2D eigenvalue weighted by atomic mass is 10.2. The minimum absolute atomic E-state index is 0.00345. The number of allylic oxidation sites excluding steroid dienone is 1. The van der Waals surface area contributed by atoms with Gasteiger partial charge in [-0.25, -0.2) is 19.9 Å². The number of aromatic nitrogens is 4. The molecule has 0 N–H and O–H groups in total. The van der Waals surface area contributed by atoms with Gasteiger partial charge in [-0.1, -0.05) is 0 Å². The van der Waals surface area contributed by atoms with Crippen LogP contribution in [0.15, 0.2) is 55.1 Å². The van der Waals surface area contributed by atoms with Crippen molar-refractivity contribution in [2.45, 2.75) is 12.4 Å². The van der Waals surface area contributed by atoms with Gasteiger partial charge in [-0.15, -0.1) is 0 Å². The van der Waals surface area contributed by atoms with Crippen LogP contribution in [0.2, 0.25) is 0 Å². The first kappa shape index (κ1) is 20.2. The second-order valence-corrected chi connectivity index (χ2v) is 5.54. The zero-order chi connectivity index (χ0) is 21.1. The molecule has 1 aromatic carbocycles. The van der Waals surface area contributed by atoms with Crippen molar-refractivity contribution in [3.63, 3.8) is 0 Å². The molecule has 0 unspecified atom stereocenters. The van der Waals surface area contributed by atoms with Crippen molar-refractivity contribution in [3.05, 3.63) is 66.5 Å². The molecular formula is C18H10F6N4O. The second-order valence-electron chi connectivity index (χ2n) is 5.54. The van der Waals surface area contributed by atoms with Crippen LogP contribution in [0, 0.1) is 0 Å². The molecule has 29 heavy (non-hydrogen) atoms. The average Bonchev–Trinajstić information content (AvgIpc) is 2.66. The van der Waals surface area contributed by atoms with Crippen molar-refractivity contribution >= 4 is 6.08 Å². The molecular weight excluding hydrogens is 402 g/mol. The van der Waals surface area contributed by atoms with Gasteiger partial charge in [-0.3, -0.25) is 0 Å². The van der Waals surface area contributed by atoms with E-state index in [-0.39, 0.29) is 29.2 Å². The van der Waals surface area contributed by atoms with Gasteiger partial charge in [-0.05, 0) is 30.3 Å². The molecule has 3 rings (SSSR count). The molecule has 2 aromatic heterocycles. The molecule has 0 amide bonds. The van der Waals surface area contributed by atoms with E-state index in [1.807, 2.05) is 0 Å². The molecule has 0 aliphatic carbocycles. The van der Waals surface area contributed by atoms with Crippen molar-refractivity contribution in [1.29, 1.82) is 0 Å². The molecule has 0 atom stereocenters. The number of nitrogens with zero attached hydrogens (tertiary/aromatic N) is 4. The Labute approximate surface area is 159 Å². The van der Waals surface area contributed by atoms with Gasteiger partial charge in [-0.2, -0.15) is 26.3 Å². The van der Waals surface area contributed by atoms with Crippen molar-refractivity contribution in [2.24, 2.45) is 0 Å². The van der Waals surface area contributed by atoms with Gasteiger partial charge in [0.05, 0.1) is 5.56 Å². The Morgan fingerprint density at radius 3 is 2.00 bits per heavy atom. The van der Waals surface area contributed by atoms with Crippen LogP contribution in [0.5, 0.6) is 11.6 Å². The fourth-order valence-corrected chi connectivity index (χ4v) is 2.14. The fourth-order valence-electron chi connectivity index (χ4n) is 2.14. The summed E-state index contributed by atoms with van der Waals surface area (Å²) in [6.45, 7) is 0. The van der Waals surface area contributed by atoms with Gasteiger partial charge >= 0.3 is 12.4 Å². The number of ether oxygens (including phenoxy) is 1. The van der Waals surface area contributed by atoms with Crippen LogP contribution in [-0.2, 0) is 6.18 Å². The quantitative estimate of drug-likeness (QED) is 0.543. The zero-order valence-corrected chi connectivity index (χ0v) is 14.2. The molecule has 3 aromatic rings. The number of hydrogen-bond donors (Lipinski definition) is 0. The van der Waals surface area contributed by atoms with Crippen LogP contribution >= 0.6 is 0 Å². The normalized spacial score (nSPS) is 12.3. The Balaban J connectivity index is 1.83. The topological polar surface area (TPSA) is 60.8 Å². The molecule has 0 spiro atoms. The summed E-state index contributed by atoms with van der Waals surface area (Å²) < 4.78 is 80.0. The summed E-state index contributed by atoms with van der Waals surface area (Å²) in [5.41, 5.74) is -0.372. The van der Waals surface area contributed by atoms with E-state index >= 15 is 0 Å². The van der Waals surface area contributed by atoms with Crippen molar-refractivity contribution in [3.8, 4) is 22.9 Å². The highest BCUT2D eigenvalue weighted by molar-refractivity contribution is 5.63. The van der Waals surface area contributed by atoms with Crippen molar-refractivity contribution in [1.82, 2.24) is 19.9 Å². The molecule has 5 nitrogen and oxygen atoms in total. The molecule has 0 aliphatic rings. The summed E-state index contributed by atoms with van der Waals surface area (Å²) in [6.07, 6.45) is -3.15. The number of rotatable bonds is 4. The minimum atomic E-state index is -4.49. The van der Waals surface area contributed by atoms with E-state index in [0.717, 1.165) is 24.3 Å². The predicted octanol–water partition coefficient (Wildman–Crippen LogP) is 5.32. The Morgan fingerprint density at radius 1 is 0.793 bits per heavy atom. The van der Waals surface area contributed by atoms with Crippen LogP contribution < -0.4 is 4.74 Å². The largest absolute Gasteiger partial charge is 0.437 e. The molecule has 0 bridgehead atoms. The van der Waals surface area contributed by atoms with E-state index in [2.05, 4.69) is 19.9 Å². The first-order valence-electron chi connectivity index (χ1n) is 7.86. The Hall–Kier alpha value is -3.50. The van der Waals surface area contributed by atoms with Gasteiger partial charge in [0, 0.05) is 36.4 Å². The molecule has 2 heterocycles. The molecule has 0 aliphatic heterocycles. The zero-order valence-electron chi connectivity index (χ0n) is 14.2. The predicted molar refractivity (Wildman–Crippen MR) is 89.7 cm³/mol. The molecule has 150 valence electrons. The summed E-state index contributed by atoms with van der Waals surface area (Å²) in [4.78, 5) is 15.7. The van der Waals surface area contributed by atoms with E-state index in [4.69, 9.17) is 4.74 Å². The third-order valence-electron chi connectivity index (χ3n) is 3.43. The second kappa shape index (κ2) is 7.86. The van der Waals surface area contributed by atoms with E-state index in [1.165, 1.54) is 24.8 Å². The number of halogens is 6. The van der Waals surface area contributed by atoms with Gasteiger partial charge in [0.25, 0.3) is 0 Å². The van der Waals surface area contributed by atoms with Gasteiger partial charge in [0.2, 0.25) is 5.88 Å². The SMILES string of the molecule is FC(F)(F)/C=C/c1ncc(-c2nccnc2Oc2ccc(C(F)(F)F)cc2)cn1. The highest BCUT2D eigenvalue weighted by atomic mass is 19.4. The maximum absolute atomic E-state index is 12.6. The smallest absolute Gasteiger partial charge is 0.416 e. The van der Waals surface area contributed by atoms with E-state index in [1.54, 1.807) is 0 Å². The number of hydrogen-bond acceptors (Lipinski definition) is 5. The lowest BCUT2D eigenvalue weighted by molar-refractivity contribution is -0.137. The lowest BCUT2D eigenvalue weighted by Gasteiger charge is -2.10. The highest BCUT2D eigenvalue weighted by Gasteiger charge is 2.30. The van der Waals surface area contributed by atoms with Crippen LogP contribution in [0.1, 0.15) is 11.4 Å². The summed E-state index contributed by atoms with van der Waals surface area (Å²) in [5, 5.41) is 0. The maximum Gasteiger partial charge on any atom is 0.416 e. The van der Waals surface area contributed by atoms with Gasteiger partial charge in [0.15, 0.2) is 5.82 Å².